The quantitative estimate of drug-likeness (QED) is 0.350. The Balaban J connectivity index is 1.98. The lowest BCUT2D eigenvalue weighted by molar-refractivity contribution is -0.181. The molecule has 0 saturated carbocycles. The monoisotopic (exact) mass is 572 g/mol. The zero-order chi connectivity index (χ0) is 29.2. The van der Waals surface area contributed by atoms with Gasteiger partial charge in [-0.25, -0.2) is 14.8 Å². The standard InChI is InChI=1S/C22H21F9N6O2/c1-3-37(19(38)35-15(21(26,27)28)4-5-20(23,24)25)16(22(29,30)31)13-8-12(9-32-10-13)14-11-36-7-6-33-17(36)18(34-14)39-2/h6-11,15-16H,3-5H2,1-2H3,(H,35,38). The van der Waals surface area contributed by atoms with E-state index in [1.165, 1.54) is 41.6 Å². The largest absolute Gasteiger partial charge is 0.478 e. The third-order valence-electron chi connectivity index (χ3n) is 5.54. The normalized spacial score (nSPS) is 14.2. The molecule has 2 amide bonds. The van der Waals surface area contributed by atoms with E-state index in [1.807, 2.05) is 0 Å². The number of methoxy groups -OCH3 is 1. The first kappa shape index (κ1) is 29.8. The van der Waals surface area contributed by atoms with Gasteiger partial charge in [-0.1, -0.05) is 0 Å². The minimum Gasteiger partial charge on any atom is -0.478 e. The van der Waals surface area contributed by atoms with Gasteiger partial charge in [0.1, 0.15) is 6.04 Å². The number of ether oxygens (including phenoxy) is 1. The minimum atomic E-state index is -5.34. The number of imidazole rings is 1. The molecule has 0 saturated heterocycles. The first-order chi connectivity index (χ1) is 18.0. The summed E-state index contributed by atoms with van der Waals surface area (Å²) in [4.78, 5) is 24.7. The molecule has 0 bridgehead atoms. The number of hydrogen-bond donors (Lipinski definition) is 1. The van der Waals surface area contributed by atoms with E-state index in [0.29, 0.717) is 5.65 Å². The van der Waals surface area contributed by atoms with Gasteiger partial charge in [-0.3, -0.25) is 4.98 Å². The van der Waals surface area contributed by atoms with Crippen molar-refractivity contribution in [1.29, 1.82) is 0 Å². The molecule has 3 aromatic rings. The van der Waals surface area contributed by atoms with Crippen LogP contribution in [0.5, 0.6) is 5.88 Å². The number of nitrogens with zero attached hydrogens (tertiary/aromatic N) is 5. The number of urea groups is 1. The van der Waals surface area contributed by atoms with Crippen LogP contribution in [0, 0.1) is 0 Å². The number of carbonyl (C=O) groups excluding carboxylic acids is 1. The Morgan fingerprint density at radius 2 is 1.79 bits per heavy atom. The second-order valence-corrected chi connectivity index (χ2v) is 8.23. The molecule has 0 fully saturated rings. The number of rotatable bonds is 8. The highest BCUT2D eigenvalue weighted by atomic mass is 19.4. The molecular weight excluding hydrogens is 551 g/mol. The molecule has 0 radical (unpaired) electrons. The van der Waals surface area contributed by atoms with Gasteiger partial charge in [0.05, 0.1) is 12.8 Å². The van der Waals surface area contributed by atoms with Crippen LogP contribution in [-0.4, -0.2) is 68.5 Å². The Labute approximate surface area is 214 Å². The maximum atomic E-state index is 14.2. The molecule has 0 aliphatic rings. The fraction of sp³-hybridized carbons (Fsp3) is 0.455. The number of fused-ring (bicyclic) bond motifs is 1. The number of aromatic nitrogens is 4. The average molecular weight is 572 g/mol. The molecule has 17 heteroatoms. The predicted molar refractivity (Wildman–Crippen MR) is 118 cm³/mol. The lowest BCUT2D eigenvalue weighted by atomic mass is 10.0. The van der Waals surface area contributed by atoms with Crippen molar-refractivity contribution in [2.75, 3.05) is 13.7 Å². The summed E-state index contributed by atoms with van der Waals surface area (Å²) in [6.07, 6.45) is -12.7. The van der Waals surface area contributed by atoms with E-state index in [-0.39, 0.29) is 22.0 Å². The van der Waals surface area contributed by atoms with Gasteiger partial charge in [0, 0.05) is 55.1 Å². The van der Waals surface area contributed by atoms with Crippen LogP contribution in [0.4, 0.5) is 44.3 Å². The Kier molecular flexibility index (Phi) is 8.50. The molecule has 8 nitrogen and oxygen atoms in total. The van der Waals surface area contributed by atoms with Crippen LogP contribution >= 0.6 is 0 Å². The third-order valence-corrected chi connectivity index (χ3v) is 5.54. The van der Waals surface area contributed by atoms with Crippen molar-refractivity contribution in [2.24, 2.45) is 0 Å². The molecular formula is C22H21F9N6O2. The first-order valence-corrected chi connectivity index (χ1v) is 11.2. The van der Waals surface area contributed by atoms with Crippen LogP contribution in [0.1, 0.15) is 31.4 Å². The summed E-state index contributed by atoms with van der Waals surface area (Å²) in [6.45, 7) is 0.338. The van der Waals surface area contributed by atoms with E-state index in [9.17, 15) is 44.3 Å². The van der Waals surface area contributed by atoms with E-state index in [0.717, 1.165) is 19.2 Å². The Morgan fingerprint density at radius 3 is 2.36 bits per heavy atom. The fourth-order valence-corrected chi connectivity index (χ4v) is 3.77. The predicted octanol–water partition coefficient (Wildman–Crippen LogP) is 5.71. The van der Waals surface area contributed by atoms with Crippen molar-refractivity contribution < 1.29 is 49.0 Å². The van der Waals surface area contributed by atoms with E-state index >= 15 is 0 Å². The molecule has 3 aromatic heterocycles. The average Bonchev–Trinajstić information content (AvgIpc) is 3.31. The van der Waals surface area contributed by atoms with Gasteiger partial charge in [0.15, 0.2) is 11.7 Å². The fourth-order valence-electron chi connectivity index (χ4n) is 3.77. The summed E-state index contributed by atoms with van der Waals surface area (Å²) in [7, 11) is 1.30. The number of amides is 2. The maximum Gasteiger partial charge on any atom is 0.413 e. The van der Waals surface area contributed by atoms with Crippen LogP contribution in [-0.2, 0) is 0 Å². The van der Waals surface area contributed by atoms with Crippen molar-refractivity contribution >= 4 is 11.7 Å². The van der Waals surface area contributed by atoms with Gasteiger partial charge in [-0.15, -0.1) is 0 Å². The van der Waals surface area contributed by atoms with Crippen molar-refractivity contribution in [3.63, 3.8) is 0 Å². The van der Waals surface area contributed by atoms with Gasteiger partial charge < -0.3 is 19.4 Å². The van der Waals surface area contributed by atoms with Crippen LogP contribution < -0.4 is 10.1 Å². The van der Waals surface area contributed by atoms with Crippen LogP contribution in [0.3, 0.4) is 0 Å². The zero-order valence-corrected chi connectivity index (χ0v) is 20.2. The molecule has 2 atom stereocenters. The van der Waals surface area contributed by atoms with E-state index in [4.69, 9.17) is 4.74 Å². The molecule has 0 aromatic carbocycles. The summed E-state index contributed by atoms with van der Waals surface area (Å²) in [5, 5.41) is 1.28. The smallest absolute Gasteiger partial charge is 0.413 e. The second kappa shape index (κ2) is 11.1. The molecule has 39 heavy (non-hydrogen) atoms. The molecule has 0 spiro atoms. The molecule has 3 heterocycles. The minimum absolute atomic E-state index is 0.0419. The van der Waals surface area contributed by atoms with E-state index in [2.05, 4.69) is 15.0 Å². The summed E-state index contributed by atoms with van der Waals surface area (Å²) in [5.74, 6) is 0.0434. The van der Waals surface area contributed by atoms with Gasteiger partial charge in [-0.2, -0.15) is 39.5 Å². The van der Waals surface area contributed by atoms with Gasteiger partial charge in [0.25, 0.3) is 5.88 Å². The molecule has 1 N–H and O–H groups in total. The Morgan fingerprint density at radius 1 is 1.10 bits per heavy atom. The highest BCUT2D eigenvalue weighted by molar-refractivity contribution is 5.75. The van der Waals surface area contributed by atoms with Crippen LogP contribution in [0.15, 0.2) is 37.1 Å². The highest BCUT2D eigenvalue weighted by Crippen LogP contribution is 2.39. The van der Waals surface area contributed by atoms with E-state index in [1.54, 1.807) is 0 Å². The lowest BCUT2D eigenvalue weighted by Crippen LogP contribution is -2.53. The summed E-state index contributed by atoms with van der Waals surface area (Å²) in [6, 6.07) is -6.67. The maximum absolute atomic E-state index is 14.2. The molecule has 2 unspecified atom stereocenters. The highest BCUT2D eigenvalue weighted by Gasteiger charge is 2.49. The second-order valence-electron chi connectivity index (χ2n) is 8.23. The van der Waals surface area contributed by atoms with Crippen LogP contribution in [0.2, 0.25) is 0 Å². The Hall–Kier alpha value is -3.79. The molecule has 3 rings (SSSR count). The third kappa shape index (κ3) is 7.20. The summed E-state index contributed by atoms with van der Waals surface area (Å²) in [5.41, 5.74) is -0.158. The topological polar surface area (TPSA) is 84.7 Å². The number of halogens is 9. The van der Waals surface area contributed by atoms with E-state index < -0.39 is 61.6 Å². The van der Waals surface area contributed by atoms with Crippen molar-refractivity contribution in [2.45, 2.75) is 50.4 Å². The molecule has 0 aliphatic carbocycles. The number of nitrogens with one attached hydrogen (secondary N) is 1. The van der Waals surface area contributed by atoms with Crippen molar-refractivity contribution in [3.8, 4) is 17.1 Å². The van der Waals surface area contributed by atoms with Gasteiger partial charge in [0.2, 0.25) is 0 Å². The lowest BCUT2D eigenvalue weighted by Gasteiger charge is -2.34. The van der Waals surface area contributed by atoms with Gasteiger partial charge in [-0.05, 0) is 19.4 Å². The van der Waals surface area contributed by atoms with Crippen molar-refractivity contribution in [1.82, 2.24) is 29.6 Å². The van der Waals surface area contributed by atoms with Crippen molar-refractivity contribution in [3.05, 3.63) is 42.6 Å². The van der Waals surface area contributed by atoms with Crippen LogP contribution in [0.25, 0.3) is 16.9 Å². The zero-order valence-electron chi connectivity index (χ0n) is 20.2. The number of hydrogen-bond acceptors (Lipinski definition) is 5. The molecule has 0 aliphatic heterocycles. The molecule has 214 valence electrons. The first-order valence-electron chi connectivity index (χ1n) is 11.2. The number of alkyl halides is 9. The summed E-state index contributed by atoms with van der Waals surface area (Å²) >= 11 is 0. The van der Waals surface area contributed by atoms with Gasteiger partial charge >= 0.3 is 24.6 Å². The Bertz CT molecular complexity index is 1290. The summed E-state index contributed by atoms with van der Waals surface area (Å²) < 4.78 is 127. The number of carbonyl (C=O) groups is 1. The number of pyridine rings is 1. The SMILES string of the molecule is CCN(C(=O)NC(CCC(F)(F)F)C(F)(F)F)C(c1cncc(-c2cn3ccnc3c(OC)n2)c1)C(F)(F)F.